The minimum atomic E-state index is 0.207. The molecule has 98 valence electrons. The zero-order chi connectivity index (χ0) is 12.5. The molecule has 0 radical (unpaired) electrons. The van der Waals surface area contributed by atoms with Crippen LogP contribution in [-0.2, 0) is 4.79 Å². The van der Waals surface area contributed by atoms with Crippen LogP contribution in [0.25, 0.3) is 0 Å². The number of amides is 1. The summed E-state index contributed by atoms with van der Waals surface area (Å²) >= 11 is 0. The van der Waals surface area contributed by atoms with Gasteiger partial charge in [0.1, 0.15) is 0 Å². The molecule has 0 aromatic rings. The third-order valence-corrected chi connectivity index (χ3v) is 3.36. The number of likely N-dealkylation sites (tertiary alicyclic amines) is 1. The van der Waals surface area contributed by atoms with E-state index in [-0.39, 0.29) is 5.91 Å². The average molecular weight is 238 g/mol. The average Bonchev–Trinajstić information content (AvgIpc) is 2.35. The van der Waals surface area contributed by atoms with Gasteiger partial charge in [-0.25, -0.2) is 0 Å². The van der Waals surface area contributed by atoms with Crippen molar-refractivity contribution in [3.63, 3.8) is 0 Å². The molecule has 1 amide bonds. The molecule has 1 N–H and O–H groups in total. The fourth-order valence-electron chi connectivity index (χ4n) is 2.43. The van der Waals surface area contributed by atoms with Crippen molar-refractivity contribution in [2.75, 3.05) is 26.2 Å². The lowest BCUT2D eigenvalue weighted by atomic mass is 9.93. The van der Waals surface area contributed by atoms with Crippen LogP contribution < -0.4 is 5.32 Å². The van der Waals surface area contributed by atoms with Gasteiger partial charge >= 0.3 is 0 Å². The maximum Gasteiger partial charge on any atom is 0.219 e. The minimum absolute atomic E-state index is 0.207. The van der Waals surface area contributed by atoms with E-state index in [4.69, 9.17) is 0 Å². The summed E-state index contributed by atoms with van der Waals surface area (Å²) in [5, 5.41) is 2.87. The normalized spacial score (nSPS) is 21.9. The van der Waals surface area contributed by atoms with Crippen LogP contribution in [0.5, 0.6) is 0 Å². The Morgan fingerprint density at radius 2 is 2.35 bits per heavy atom. The highest BCUT2D eigenvalue weighted by Crippen LogP contribution is 2.20. The maximum atomic E-state index is 11.4. The van der Waals surface area contributed by atoms with Crippen LogP contribution in [0.3, 0.4) is 0 Å². The first kappa shape index (κ1) is 14.2. The second-order valence-corrected chi connectivity index (χ2v) is 4.83. The fourth-order valence-corrected chi connectivity index (χ4v) is 2.43. The van der Waals surface area contributed by atoms with E-state index in [1.807, 2.05) is 6.92 Å². The maximum absolute atomic E-state index is 11.4. The molecule has 1 fully saturated rings. The van der Waals surface area contributed by atoms with Crippen molar-refractivity contribution in [2.45, 2.75) is 39.5 Å². The van der Waals surface area contributed by atoms with Gasteiger partial charge in [0.2, 0.25) is 5.91 Å². The summed E-state index contributed by atoms with van der Waals surface area (Å²) in [6, 6.07) is 0. The lowest BCUT2D eigenvalue weighted by Gasteiger charge is -2.31. The summed E-state index contributed by atoms with van der Waals surface area (Å²) in [4.78, 5) is 13.9. The Balaban J connectivity index is 2.22. The number of hydrogen-bond donors (Lipinski definition) is 1. The van der Waals surface area contributed by atoms with Crippen molar-refractivity contribution < 1.29 is 4.79 Å². The van der Waals surface area contributed by atoms with Gasteiger partial charge in [-0.3, -0.25) is 9.69 Å². The van der Waals surface area contributed by atoms with Crippen molar-refractivity contribution >= 4 is 5.91 Å². The summed E-state index contributed by atoms with van der Waals surface area (Å²) in [5.74, 6) is 0.912. The molecule has 0 spiro atoms. The predicted molar refractivity (Wildman–Crippen MR) is 71.9 cm³/mol. The molecular formula is C14H26N2O. The van der Waals surface area contributed by atoms with Crippen molar-refractivity contribution in [2.24, 2.45) is 5.92 Å². The van der Waals surface area contributed by atoms with E-state index in [9.17, 15) is 4.79 Å². The van der Waals surface area contributed by atoms with E-state index in [0.29, 0.717) is 12.3 Å². The van der Waals surface area contributed by atoms with E-state index >= 15 is 0 Å². The molecule has 17 heavy (non-hydrogen) atoms. The molecule has 0 saturated carbocycles. The molecule has 0 aromatic heterocycles. The number of allylic oxidation sites excluding steroid dienone is 1. The first-order valence-corrected chi connectivity index (χ1v) is 6.86. The largest absolute Gasteiger partial charge is 0.356 e. The third-order valence-electron chi connectivity index (χ3n) is 3.36. The molecule has 1 rings (SSSR count). The number of nitrogens with zero attached hydrogens (tertiary/aromatic N) is 1. The smallest absolute Gasteiger partial charge is 0.219 e. The summed E-state index contributed by atoms with van der Waals surface area (Å²) in [6.45, 7) is 8.21. The fraction of sp³-hybridized carbons (Fsp3) is 0.786. The van der Waals surface area contributed by atoms with Gasteiger partial charge in [-0.15, -0.1) is 0 Å². The van der Waals surface area contributed by atoms with Gasteiger partial charge in [0.25, 0.3) is 0 Å². The number of carbonyl (C=O) groups is 1. The monoisotopic (exact) mass is 238 g/mol. The van der Waals surface area contributed by atoms with Crippen molar-refractivity contribution in [3.8, 4) is 0 Å². The highest BCUT2D eigenvalue weighted by atomic mass is 16.1. The number of piperidine rings is 1. The molecule has 1 aliphatic heterocycles. The summed E-state index contributed by atoms with van der Waals surface area (Å²) in [6.07, 6.45) is 8.61. The summed E-state index contributed by atoms with van der Waals surface area (Å²) < 4.78 is 0. The molecule has 1 saturated heterocycles. The second-order valence-electron chi connectivity index (χ2n) is 4.83. The molecule has 0 bridgehead atoms. The van der Waals surface area contributed by atoms with Crippen LogP contribution in [-0.4, -0.2) is 37.0 Å². The molecule has 1 aliphatic rings. The van der Waals surface area contributed by atoms with Crippen molar-refractivity contribution in [3.05, 3.63) is 12.2 Å². The highest BCUT2D eigenvalue weighted by molar-refractivity contribution is 5.75. The first-order chi connectivity index (χ1) is 8.26. The Kier molecular flexibility index (Phi) is 6.94. The SMILES string of the molecule is C/C=C/CN1CCCC(CCC(=O)NCC)C1. The third kappa shape index (κ3) is 5.87. The standard InChI is InChI=1S/C14H26N2O/c1-3-5-10-16-11-6-7-13(12-16)8-9-14(17)15-4-2/h3,5,13H,4,6-12H2,1-2H3,(H,15,17)/b5-3+. The number of rotatable bonds is 6. The van der Waals surface area contributed by atoms with Crippen LogP contribution >= 0.6 is 0 Å². The van der Waals surface area contributed by atoms with E-state index in [1.165, 1.54) is 19.4 Å². The van der Waals surface area contributed by atoms with E-state index in [0.717, 1.165) is 26.1 Å². The van der Waals surface area contributed by atoms with Crippen LogP contribution in [0.2, 0.25) is 0 Å². The zero-order valence-corrected chi connectivity index (χ0v) is 11.2. The van der Waals surface area contributed by atoms with Gasteiger partial charge in [0, 0.05) is 26.1 Å². The molecule has 1 heterocycles. The lowest BCUT2D eigenvalue weighted by molar-refractivity contribution is -0.121. The Morgan fingerprint density at radius 1 is 1.53 bits per heavy atom. The lowest BCUT2D eigenvalue weighted by Crippen LogP contribution is -2.36. The van der Waals surface area contributed by atoms with Crippen LogP contribution in [0.4, 0.5) is 0 Å². The molecular weight excluding hydrogens is 212 g/mol. The topological polar surface area (TPSA) is 32.3 Å². The Labute approximate surface area is 105 Å². The molecule has 1 unspecified atom stereocenters. The summed E-state index contributed by atoms with van der Waals surface area (Å²) in [7, 11) is 0. The number of carbonyl (C=O) groups excluding carboxylic acids is 1. The van der Waals surface area contributed by atoms with Gasteiger partial charge < -0.3 is 5.32 Å². The van der Waals surface area contributed by atoms with Gasteiger partial charge in [-0.05, 0) is 45.6 Å². The van der Waals surface area contributed by atoms with Gasteiger partial charge in [-0.1, -0.05) is 12.2 Å². The van der Waals surface area contributed by atoms with Crippen LogP contribution in [0.1, 0.15) is 39.5 Å². The molecule has 3 nitrogen and oxygen atoms in total. The predicted octanol–water partition coefficient (Wildman–Crippen LogP) is 2.19. The number of nitrogens with one attached hydrogen (secondary N) is 1. The van der Waals surface area contributed by atoms with E-state index in [1.54, 1.807) is 0 Å². The van der Waals surface area contributed by atoms with E-state index < -0.39 is 0 Å². The van der Waals surface area contributed by atoms with Gasteiger partial charge in [-0.2, -0.15) is 0 Å². The minimum Gasteiger partial charge on any atom is -0.356 e. The molecule has 3 heteroatoms. The first-order valence-electron chi connectivity index (χ1n) is 6.86. The van der Waals surface area contributed by atoms with Crippen molar-refractivity contribution in [1.82, 2.24) is 10.2 Å². The van der Waals surface area contributed by atoms with Crippen LogP contribution in [0.15, 0.2) is 12.2 Å². The molecule has 0 aromatic carbocycles. The van der Waals surface area contributed by atoms with Crippen LogP contribution in [0, 0.1) is 5.92 Å². The van der Waals surface area contributed by atoms with Gasteiger partial charge in [0.05, 0.1) is 0 Å². The Morgan fingerprint density at radius 3 is 3.06 bits per heavy atom. The van der Waals surface area contributed by atoms with Crippen molar-refractivity contribution in [1.29, 1.82) is 0 Å². The van der Waals surface area contributed by atoms with E-state index in [2.05, 4.69) is 29.3 Å². The quantitative estimate of drug-likeness (QED) is 0.719. The molecule has 1 atom stereocenters. The second kappa shape index (κ2) is 8.29. The highest BCUT2D eigenvalue weighted by Gasteiger charge is 2.19. The van der Waals surface area contributed by atoms with Gasteiger partial charge in [0.15, 0.2) is 0 Å². The molecule has 0 aliphatic carbocycles. The Hall–Kier alpha value is -0.830. The zero-order valence-electron chi connectivity index (χ0n) is 11.2. The number of hydrogen-bond acceptors (Lipinski definition) is 2. The summed E-state index contributed by atoms with van der Waals surface area (Å²) in [5.41, 5.74) is 0. The Bertz CT molecular complexity index is 251.